The first-order valence-corrected chi connectivity index (χ1v) is 11.1. The molecule has 1 aliphatic heterocycles. The zero-order valence-electron chi connectivity index (χ0n) is 19.6. The van der Waals surface area contributed by atoms with Crippen LogP contribution in [-0.4, -0.2) is 58.6 Å². The number of H-pyrrole nitrogens is 1. The number of carbonyl (C=O) groups excluding carboxylic acids is 4. The molecular formula is C24H27N3O8. The van der Waals surface area contributed by atoms with Gasteiger partial charge >= 0.3 is 17.9 Å². The van der Waals surface area contributed by atoms with Crippen LogP contribution in [0.3, 0.4) is 0 Å². The van der Waals surface area contributed by atoms with E-state index in [4.69, 9.17) is 14.2 Å². The smallest absolute Gasteiger partial charge is 0.332 e. The van der Waals surface area contributed by atoms with Crippen molar-refractivity contribution >= 4 is 23.8 Å². The van der Waals surface area contributed by atoms with Crippen molar-refractivity contribution in [1.82, 2.24) is 15.3 Å². The van der Waals surface area contributed by atoms with Crippen LogP contribution in [0.1, 0.15) is 36.8 Å². The fourth-order valence-corrected chi connectivity index (χ4v) is 3.49. The van der Waals surface area contributed by atoms with Crippen LogP contribution in [0.2, 0.25) is 0 Å². The summed E-state index contributed by atoms with van der Waals surface area (Å²) in [6.45, 7) is 4.24. The lowest BCUT2D eigenvalue weighted by atomic mass is 9.91. The quantitative estimate of drug-likeness (QED) is 0.446. The number of hydrogen-bond donors (Lipinski definition) is 2. The van der Waals surface area contributed by atoms with Gasteiger partial charge in [-0.15, -0.1) is 0 Å². The number of aromatic nitrogens is 2. The Kier molecular flexibility index (Phi) is 8.34. The maximum atomic E-state index is 13.1. The number of hydrogen-bond acceptors (Lipinski definition) is 9. The molecule has 4 atom stereocenters. The van der Waals surface area contributed by atoms with Gasteiger partial charge in [-0.1, -0.05) is 44.2 Å². The van der Waals surface area contributed by atoms with Gasteiger partial charge in [-0.25, -0.2) is 9.78 Å². The molecule has 1 amide bonds. The van der Waals surface area contributed by atoms with Crippen molar-refractivity contribution in [3.63, 3.8) is 0 Å². The molecule has 1 aliphatic rings. The van der Waals surface area contributed by atoms with Crippen LogP contribution >= 0.6 is 0 Å². The molecular weight excluding hydrogens is 458 g/mol. The molecule has 1 fully saturated rings. The number of benzene rings is 1. The summed E-state index contributed by atoms with van der Waals surface area (Å²) in [5, 5.41) is 2.32. The summed E-state index contributed by atoms with van der Waals surface area (Å²) in [6.07, 6.45) is 0.457. The molecule has 2 N–H and O–H groups in total. The minimum atomic E-state index is -1.41. The van der Waals surface area contributed by atoms with Gasteiger partial charge in [-0.2, -0.15) is 0 Å². The first-order chi connectivity index (χ1) is 16.7. The highest BCUT2D eigenvalue weighted by Crippen LogP contribution is 2.24. The molecule has 2 aromatic rings. The van der Waals surface area contributed by atoms with E-state index in [-0.39, 0.29) is 6.42 Å². The van der Waals surface area contributed by atoms with Crippen LogP contribution in [0, 0.1) is 11.8 Å². The third-order valence-corrected chi connectivity index (χ3v) is 5.39. The number of ether oxygens (including phenoxy) is 3. The van der Waals surface area contributed by atoms with E-state index in [1.54, 1.807) is 26.0 Å². The molecule has 35 heavy (non-hydrogen) atoms. The first kappa shape index (κ1) is 25.6. The lowest BCUT2D eigenvalue weighted by molar-refractivity contribution is -0.176. The number of carbonyl (C=O) groups is 4. The highest BCUT2D eigenvalue weighted by Gasteiger charge is 2.42. The normalized spacial score (nSPS) is 22.7. The Bertz CT molecular complexity index is 1130. The van der Waals surface area contributed by atoms with Crippen molar-refractivity contribution in [3.8, 4) is 0 Å². The molecule has 0 spiro atoms. The van der Waals surface area contributed by atoms with E-state index in [0.29, 0.717) is 0 Å². The molecule has 11 heteroatoms. The molecule has 3 rings (SSSR count). The summed E-state index contributed by atoms with van der Waals surface area (Å²) in [5.74, 6) is -4.62. The van der Waals surface area contributed by atoms with Crippen molar-refractivity contribution < 1.29 is 33.4 Å². The number of nitrogens with zero attached hydrogens (tertiary/aromatic N) is 1. The Morgan fingerprint density at radius 3 is 2.54 bits per heavy atom. The predicted molar refractivity (Wildman–Crippen MR) is 121 cm³/mol. The summed E-state index contributed by atoms with van der Waals surface area (Å²) < 4.78 is 16.5. The van der Waals surface area contributed by atoms with Gasteiger partial charge in [0.1, 0.15) is 18.6 Å². The average molecular weight is 485 g/mol. The van der Waals surface area contributed by atoms with Gasteiger partial charge in [0.05, 0.1) is 5.92 Å². The Morgan fingerprint density at radius 2 is 1.89 bits per heavy atom. The Labute approximate surface area is 201 Å². The second-order valence-corrected chi connectivity index (χ2v) is 8.42. The molecule has 2 unspecified atom stereocenters. The highest BCUT2D eigenvalue weighted by atomic mass is 16.6. The van der Waals surface area contributed by atoms with Crippen LogP contribution < -0.4 is 10.9 Å². The molecule has 0 bridgehead atoms. The van der Waals surface area contributed by atoms with Crippen LogP contribution in [0.5, 0.6) is 0 Å². The van der Waals surface area contributed by atoms with E-state index in [9.17, 15) is 24.0 Å². The van der Waals surface area contributed by atoms with E-state index < -0.39 is 71.8 Å². The highest BCUT2D eigenvalue weighted by molar-refractivity contribution is 5.95. The second-order valence-electron chi connectivity index (χ2n) is 8.42. The zero-order chi connectivity index (χ0) is 25.5. The SMILES string of the molecule is CC(C)C(=O)OC1[C@H](C)OC(=O)C(NC(=O)c2ncc[nH]c2=O)COC(=O)[C@@H]1Cc1ccccc1. The molecule has 2 heterocycles. The lowest BCUT2D eigenvalue weighted by Crippen LogP contribution is -2.47. The summed E-state index contributed by atoms with van der Waals surface area (Å²) in [7, 11) is 0. The number of rotatable bonds is 6. The first-order valence-electron chi connectivity index (χ1n) is 11.1. The van der Waals surface area contributed by atoms with Crippen molar-refractivity contribution in [2.45, 2.75) is 45.4 Å². The molecule has 0 aliphatic carbocycles. The Morgan fingerprint density at radius 1 is 1.17 bits per heavy atom. The van der Waals surface area contributed by atoms with E-state index in [2.05, 4.69) is 15.3 Å². The zero-order valence-corrected chi connectivity index (χ0v) is 19.6. The van der Waals surface area contributed by atoms with Gasteiger partial charge in [0.2, 0.25) is 0 Å². The number of aromatic amines is 1. The van der Waals surface area contributed by atoms with Crippen LogP contribution in [0.15, 0.2) is 47.5 Å². The molecule has 1 aromatic carbocycles. The number of cyclic esters (lactones) is 2. The maximum absolute atomic E-state index is 13.1. The lowest BCUT2D eigenvalue weighted by Gasteiger charge is -2.29. The van der Waals surface area contributed by atoms with Gasteiger partial charge in [0.15, 0.2) is 17.8 Å². The Balaban J connectivity index is 1.87. The number of amides is 1. The van der Waals surface area contributed by atoms with Crippen LogP contribution in [0.4, 0.5) is 0 Å². The van der Waals surface area contributed by atoms with Crippen molar-refractivity contribution in [2.75, 3.05) is 6.61 Å². The standard InChI is InChI=1S/C24H27N3O8/c1-13(2)22(30)35-19-14(3)34-24(32)17(27-21(29)18-20(28)26-10-9-25-18)12-33-23(31)16(19)11-15-7-5-4-6-8-15/h4-10,13-14,16-17,19H,11-12H2,1-3H3,(H,26,28)(H,27,29)/t14-,16+,17?,19?/m0/s1. The summed E-state index contributed by atoms with van der Waals surface area (Å²) >= 11 is 0. The van der Waals surface area contributed by atoms with Gasteiger partial charge < -0.3 is 24.5 Å². The van der Waals surface area contributed by atoms with E-state index in [1.807, 2.05) is 18.2 Å². The second kappa shape index (κ2) is 11.4. The van der Waals surface area contributed by atoms with E-state index in [1.165, 1.54) is 19.3 Å². The predicted octanol–water partition coefficient (Wildman–Crippen LogP) is 0.784. The van der Waals surface area contributed by atoms with Crippen molar-refractivity contribution in [3.05, 3.63) is 64.3 Å². The Hall–Kier alpha value is -4.02. The molecule has 0 radical (unpaired) electrons. The largest absolute Gasteiger partial charge is 0.463 e. The van der Waals surface area contributed by atoms with E-state index in [0.717, 1.165) is 5.56 Å². The topological polar surface area (TPSA) is 154 Å². The maximum Gasteiger partial charge on any atom is 0.332 e. The summed E-state index contributed by atoms with van der Waals surface area (Å²) in [6, 6.07) is 7.65. The van der Waals surface area contributed by atoms with Gasteiger partial charge in [-0.3, -0.25) is 19.2 Å². The van der Waals surface area contributed by atoms with Crippen LogP contribution in [-0.2, 0) is 35.0 Å². The number of esters is 3. The van der Waals surface area contributed by atoms with Crippen molar-refractivity contribution in [2.24, 2.45) is 11.8 Å². The van der Waals surface area contributed by atoms with Gasteiger partial charge in [0, 0.05) is 12.4 Å². The molecule has 1 saturated heterocycles. The minimum absolute atomic E-state index is 0.165. The van der Waals surface area contributed by atoms with Crippen molar-refractivity contribution in [1.29, 1.82) is 0 Å². The van der Waals surface area contributed by atoms with Gasteiger partial charge in [-0.05, 0) is 18.9 Å². The fourth-order valence-electron chi connectivity index (χ4n) is 3.49. The molecule has 11 nitrogen and oxygen atoms in total. The third kappa shape index (κ3) is 6.52. The minimum Gasteiger partial charge on any atom is -0.463 e. The summed E-state index contributed by atoms with van der Waals surface area (Å²) in [4.78, 5) is 68.8. The fraction of sp³-hybridized carbons (Fsp3) is 0.417. The number of nitrogens with one attached hydrogen (secondary N) is 2. The van der Waals surface area contributed by atoms with Crippen LogP contribution in [0.25, 0.3) is 0 Å². The van der Waals surface area contributed by atoms with E-state index >= 15 is 0 Å². The molecule has 1 aromatic heterocycles. The van der Waals surface area contributed by atoms with Gasteiger partial charge in [0.25, 0.3) is 11.5 Å². The monoisotopic (exact) mass is 485 g/mol. The molecule has 0 saturated carbocycles. The summed E-state index contributed by atoms with van der Waals surface area (Å²) in [5.41, 5.74) is -0.433. The molecule has 186 valence electrons. The average Bonchev–Trinajstić information content (AvgIpc) is 2.86. The third-order valence-electron chi connectivity index (χ3n) is 5.39.